The van der Waals surface area contributed by atoms with Crippen molar-refractivity contribution < 1.29 is 31.9 Å². The Kier molecular flexibility index (Phi) is 6.75. The summed E-state index contributed by atoms with van der Waals surface area (Å²) in [7, 11) is 0. The van der Waals surface area contributed by atoms with Crippen molar-refractivity contribution in [3.8, 4) is 6.07 Å². The van der Waals surface area contributed by atoms with Crippen LogP contribution in [-0.2, 0) is 4.74 Å². The van der Waals surface area contributed by atoms with Gasteiger partial charge in [-0.2, -0.15) is 23.5 Å². The molecule has 1 aromatic carbocycles. The summed E-state index contributed by atoms with van der Waals surface area (Å²) in [4.78, 5) is 25.0. The summed E-state index contributed by atoms with van der Waals surface area (Å²) in [6.45, 7) is 0.549. The predicted molar refractivity (Wildman–Crippen MR) is 107 cm³/mol. The van der Waals surface area contributed by atoms with Crippen LogP contribution >= 0.6 is 0 Å². The van der Waals surface area contributed by atoms with Gasteiger partial charge in [-0.25, -0.2) is 9.18 Å². The summed E-state index contributed by atoms with van der Waals surface area (Å²) in [6, 6.07) is 6.73. The van der Waals surface area contributed by atoms with Gasteiger partial charge in [0.1, 0.15) is 11.4 Å². The van der Waals surface area contributed by atoms with Gasteiger partial charge in [0.25, 0.3) is 5.91 Å². The molecule has 2 amide bonds. The number of nitriles is 1. The first-order chi connectivity index (χ1) is 15.5. The number of nitrogens with two attached hydrogens (primary N) is 1. The minimum atomic E-state index is -4.70. The van der Waals surface area contributed by atoms with Gasteiger partial charge in [-0.3, -0.25) is 9.48 Å². The Labute approximate surface area is 185 Å². The number of alkyl halides is 3. The number of nitrogens with one attached hydrogen (secondary N) is 1. The molecule has 176 valence electrons. The van der Waals surface area contributed by atoms with Crippen LogP contribution in [-0.4, -0.2) is 52.1 Å². The van der Waals surface area contributed by atoms with Crippen LogP contribution in [0.5, 0.6) is 0 Å². The van der Waals surface area contributed by atoms with Crippen LogP contribution in [0.1, 0.15) is 29.7 Å². The predicted octanol–water partition coefficient (Wildman–Crippen LogP) is 3.34. The molecule has 0 spiro atoms. The molecule has 0 aliphatic carbocycles. The van der Waals surface area contributed by atoms with Crippen molar-refractivity contribution in [1.82, 2.24) is 14.7 Å². The van der Waals surface area contributed by atoms with E-state index in [2.05, 4.69) is 15.2 Å². The first kappa shape index (κ1) is 23.8. The number of piperidine rings is 1. The molecule has 0 bridgehead atoms. The Morgan fingerprint density at radius 2 is 2.00 bits per heavy atom. The lowest BCUT2D eigenvalue weighted by Crippen LogP contribution is -2.46. The van der Waals surface area contributed by atoms with Gasteiger partial charge in [0, 0.05) is 25.0 Å². The molecule has 1 aliphatic heterocycles. The number of benzene rings is 1. The van der Waals surface area contributed by atoms with Crippen LogP contribution in [0.4, 0.5) is 33.9 Å². The number of likely N-dealkylation sites (tertiary alicyclic amines) is 1. The highest BCUT2D eigenvalue weighted by molar-refractivity contribution is 5.98. The van der Waals surface area contributed by atoms with Crippen LogP contribution < -0.4 is 11.1 Å². The van der Waals surface area contributed by atoms with E-state index in [1.54, 1.807) is 0 Å². The quantitative estimate of drug-likeness (QED) is 0.649. The number of carbonyl (C=O) groups excluding carboxylic acids is 2. The number of amides is 2. The highest BCUT2D eigenvalue weighted by atomic mass is 19.4. The SMILES string of the molecule is CC(OC(=O)N1CC[C@@H](n2cc(C(N)=O)c(Nc3ccc(F)cc3)n2)[C@@H](C#N)C1)C(F)(F)F. The third-order valence-electron chi connectivity index (χ3n) is 5.18. The molecule has 33 heavy (non-hydrogen) atoms. The minimum Gasteiger partial charge on any atom is -0.437 e. The maximum Gasteiger partial charge on any atom is 0.425 e. The summed E-state index contributed by atoms with van der Waals surface area (Å²) >= 11 is 0. The molecular weight excluding hydrogens is 448 g/mol. The number of hydrogen-bond acceptors (Lipinski definition) is 6. The Morgan fingerprint density at radius 1 is 1.33 bits per heavy atom. The summed E-state index contributed by atoms with van der Waals surface area (Å²) < 4.78 is 56.9. The number of ether oxygens (including phenoxy) is 1. The molecule has 1 aromatic heterocycles. The largest absolute Gasteiger partial charge is 0.437 e. The van der Waals surface area contributed by atoms with Gasteiger partial charge < -0.3 is 20.7 Å². The third kappa shape index (κ3) is 5.51. The van der Waals surface area contributed by atoms with Crippen molar-refractivity contribution in [3.05, 3.63) is 41.8 Å². The molecule has 1 fully saturated rings. The molecule has 1 aliphatic rings. The van der Waals surface area contributed by atoms with E-state index < -0.39 is 42.1 Å². The lowest BCUT2D eigenvalue weighted by molar-refractivity contribution is -0.200. The molecule has 0 saturated carbocycles. The maximum absolute atomic E-state index is 13.1. The van der Waals surface area contributed by atoms with E-state index in [4.69, 9.17) is 5.73 Å². The molecule has 3 N–H and O–H groups in total. The van der Waals surface area contributed by atoms with E-state index in [9.17, 15) is 32.4 Å². The second-order valence-electron chi connectivity index (χ2n) is 7.47. The third-order valence-corrected chi connectivity index (χ3v) is 5.18. The summed E-state index contributed by atoms with van der Waals surface area (Å²) in [5, 5.41) is 16.7. The molecule has 1 saturated heterocycles. The smallest absolute Gasteiger partial charge is 0.425 e. The Balaban J connectivity index is 1.76. The lowest BCUT2D eigenvalue weighted by Gasteiger charge is -2.35. The van der Waals surface area contributed by atoms with E-state index >= 15 is 0 Å². The van der Waals surface area contributed by atoms with Crippen LogP contribution in [0, 0.1) is 23.1 Å². The summed E-state index contributed by atoms with van der Waals surface area (Å²) in [5.74, 6) is -1.99. The van der Waals surface area contributed by atoms with Crippen molar-refractivity contribution in [2.45, 2.75) is 31.7 Å². The van der Waals surface area contributed by atoms with Gasteiger partial charge in [0.2, 0.25) is 0 Å². The Bertz CT molecular complexity index is 1060. The number of aromatic nitrogens is 2. The van der Waals surface area contributed by atoms with E-state index in [1.165, 1.54) is 35.1 Å². The normalized spacial score (nSPS) is 19.5. The topological polar surface area (TPSA) is 126 Å². The van der Waals surface area contributed by atoms with E-state index in [-0.39, 0.29) is 30.9 Å². The second kappa shape index (κ2) is 9.35. The highest BCUT2D eigenvalue weighted by Crippen LogP contribution is 2.31. The average Bonchev–Trinajstić information content (AvgIpc) is 3.18. The standard InChI is InChI=1S/C20H20F4N6O3/c1-11(20(22,23)24)33-19(32)29-7-6-16(12(8-25)9-29)30-10-15(17(26)31)18(28-30)27-14-4-2-13(21)3-5-14/h2-5,10-12,16H,6-7,9H2,1H3,(H2,26,31)(H,27,28)/t11?,12-,16+/m0/s1. The molecule has 1 unspecified atom stereocenters. The van der Waals surface area contributed by atoms with Gasteiger partial charge in [-0.15, -0.1) is 0 Å². The summed E-state index contributed by atoms with van der Waals surface area (Å²) in [5.41, 5.74) is 5.89. The molecule has 2 heterocycles. The van der Waals surface area contributed by atoms with E-state index in [1.807, 2.05) is 6.07 Å². The monoisotopic (exact) mass is 468 g/mol. The fourth-order valence-electron chi connectivity index (χ4n) is 3.35. The maximum atomic E-state index is 13.1. The molecular formula is C20H20F4N6O3. The van der Waals surface area contributed by atoms with Crippen LogP contribution in [0.3, 0.4) is 0 Å². The van der Waals surface area contributed by atoms with Crippen molar-refractivity contribution in [3.63, 3.8) is 0 Å². The second-order valence-corrected chi connectivity index (χ2v) is 7.47. The van der Waals surface area contributed by atoms with Crippen molar-refractivity contribution in [1.29, 1.82) is 5.26 Å². The van der Waals surface area contributed by atoms with Gasteiger partial charge >= 0.3 is 12.3 Å². The number of carbonyl (C=O) groups is 2. The van der Waals surface area contributed by atoms with Crippen LogP contribution in [0.2, 0.25) is 0 Å². The first-order valence-electron chi connectivity index (χ1n) is 9.83. The van der Waals surface area contributed by atoms with E-state index in [0.29, 0.717) is 5.69 Å². The number of anilines is 2. The zero-order chi connectivity index (χ0) is 24.3. The number of rotatable bonds is 5. The number of hydrogen-bond donors (Lipinski definition) is 2. The molecule has 0 radical (unpaired) electrons. The molecule has 2 aromatic rings. The van der Waals surface area contributed by atoms with Crippen molar-refractivity contribution in [2.75, 3.05) is 18.4 Å². The fraction of sp³-hybridized carbons (Fsp3) is 0.400. The van der Waals surface area contributed by atoms with Crippen molar-refractivity contribution >= 4 is 23.5 Å². The molecule has 9 nitrogen and oxygen atoms in total. The van der Waals surface area contributed by atoms with Gasteiger partial charge in [-0.1, -0.05) is 0 Å². The number of halogens is 4. The average molecular weight is 468 g/mol. The fourth-order valence-corrected chi connectivity index (χ4v) is 3.35. The Morgan fingerprint density at radius 3 is 2.58 bits per heavy atom. The molecule has 3 rings (SSSR count). The number of nitrogens with zero attached hydrogens (tertiary/aromatic N) is 4. The Hall–Kier alpha value is -3.82. The zero-order valence-electron chi connectivity index (χ0n) is 17.3. The molecule has 3 atom stereocenters. The molecule has 13 heteroatoms. The van der Waals surface area contributed by atoms with E-state index in [0.717, 1.165) is 11.8 Å². The first-order valence-corrected chi connectivity index (χ1v) is 9.83. The van der Waals surface area contributed by atoms with Crippen LogP contribution in [0.15, 0.2) is 30.5 Å². The number of primary amides is 1. The van der Waals surface area contributed by atoms with Crippen LogP contribution in [0.25, 0.3) is 0 Å². The van der Waals surface area contributed by atoms with Crippen molar-refractivity contribution in [2.24, 2.45) is 11.7 Å². The van der Waals surface area contributed by atoms with Gasteiger partial charge in [0.05, 0.1) is 18.0 Å². The lowest BCUT2D eigenvalue weighted by atomic mass is 9.94. The highest BCUT2D eigenvalue weighted by Gasteiger charge is 2.41. The summed E-state index contributed by atoms with van der Waals surface area (Å²) in [6.07, 6.45) is -6.63. The zero-order valence-corrected chi connectivity index (χ0v) is 17.3. The van der Waals surface area contributed by atoms with Gasteiger partial charge in [0.15, 0.2) is 11.9 Å². The van der Waals surface area contributed by atoms with Gasteiger partial charge in [-0.05, 0) is 37.6 Å². The minimum absolute atomic E-state index is 0.0126.